The van der Waals surface area contributed by atoms with Crippen LogP contribution in [0.3, 0.4) is 0 Å². The number of nitrogens with two attached hydrogens (primary N) is 1. The highest BCUT2D eigenvalue weighted by Crippen LogP contribution is 2.43. The van der Waals surface area contributed by atoms with Gasteiger partial charge >= 0.3 is 0 Å². The first-order valence-corrected chi connectivity index (χ1v) is 12.1. The zero-order chi connectivity index (χ0) is 24.4. The lowest BCUT2D eigenvalue weighted by Gasteiger charge is -2.39. The molecule has 5 rings (SSSR count). The summed E-state index contributed by atoms with van der Waals surface area (Å²) in [6.45, 7) is 0.544. The fourth-order valence-corrected chi connectivity index (χ4v) is 5.33. The first-order chi connectivity index (χ1) is 17.1. The molecule has 1 fully saturated rings. The molecule has 2 aliphatic heterocycles. The van der Waals surface area contributed by atoms with E-state index in [0.717, 1.165) is 52.2 Å². The number of hydrogen-bond donors (Lipinski definition) is 2. The lowest BCUT2D eigenvalue weighted by atomic mass is 9.83. The molecule has 2 aromatic carbocycles. The van der Waals surface area contributed by atoms with Crippen molar-refractivity contribution in [3.8, 4) is 16.9 Å². The molecule has 0 amide bonds. The number of ether oxygens (including phenoxy) is 1. The van der Waals surface area contributed by atoms with Crippen LogP contribution in [0.5, 0.6) is 5.75 Å². The Morgan fingerprint density at radius 1 is 1.06 bits per heavy atom. The van der Waals surface area contributed by atoms with Crippen molar-refractivity contribution in [2.24, 2.45) is 27.1 Å². The Bertz CT molecular complexity index is 1240. The third-order valence-corrected chi connectivity index (χ3v) is 7.05. The quantitative estimate of drug-likeness (QED) is 0.201. The van der Waals surface area contributed by atoms with E-state index >= 15 is 0 Å². The number of amidine groups is 1. The van der Waals surface area contributed by atoms with Gasteiger partial charge < -0.3 is 10.6 Å². The van der Waals surface area contributed by atoms with Crippen molar-refractivity contribution in [1.82, 2.24) is 10.0 Å². The Hall–Kier alpha value is -3.78. The van der Waals surface area contributed by atoms with Crippen LogP contribution < -0.4 is 10.6 Å². The Morgan fingerprint density at radius 3 is 2.51 bits per heavy atom. The van der Waals surface area contributed by atoms with Gasteiger partial charge in [0.05, 0.1) is 19.2 Å². The molecule has 1 saturated carbocycles. The van der Waals surface area contributed by atoms with E-state index in [4.69, 9.17) is 21.0 Å². The van der Waals surface area contributed by atoms with Gasteiger partial charge in [-0.2, -0.15) is 0 Å². The molecule has 0 bridgehead atoms. The highest BCUT2D eigenvalue weighted by Gasteiger charge is 2.38. The van der Waals surface area contributed by atoms with E-state index in [1.54, 1.807) is 7.11 Å². The number of fused-ring (bicyclic) bond motifs is 1. The summed E-state index contributed by atoms with van der Waals surface area (Å²) in [5.41, 5.74) is 6.53. The van der Waals surface area contributed by atoms with Gasteiger partial charge in [-0.1, -0.05) is 60.9 Å². The average Bonchev–Trinajstić information content (AvgIpc) is 3.25. The number of hydrogen-bond acceptors (Lipinski definition) is 6. The molecule has 2 heterocycles. The maximum atomic E-state index is 8.31. The molecule has 3 N–H and O–H groups in total. The second-order valence-electron chi connectivity index (χ2n) is 9.20. The van der Waals surface area contributed by atoms with Gasteiger partial charge in [-0.05, 0) is 41.7 Å². The summed E-state index contributed by atoms with van der Waals surface area (Å²) >= 11 is 0. The van der Waals surface area contributed by atoms with Gasteiger partial charge in [0.15, 0.2) is 11.7 Å². The van der Waals surface area contributed by atoms with Crippen LogP contribution in [0.15, 0.2) is 81.0 Å². The Labute approximate surface area is 206 Å². The average molecular weight is 470 g/mol. The molecule has 180 valence electrons. The van der Waals surface area contributed by atoms with E-state index in [-0.39, 0.29) is 5.84 Å². The number of methoxy groups -OCH3 is 1. The number of benzene rings is 2. The molecule has 0 radical (unpaired) electrons. The van der Waals surface area contributed by atoms with Crippen LogP contribution in [-0.2, 0) is 0 Å². The van der Waals surface area contributed by atoms with E-state index in [2.05, 4.69) is 56.8 Å². The summed E-state index contributed by atoms with van der Waals surface area (Å²) in [6, 6.07) is 16.8. The van der Waals surface area contributed by atoms with E-state index in [9.17, 15) is 0 Å². The smallest absolute Gasteiger partial charge is 0.177 e. The number of nitrogens with zero attached hydrogens (tertiary/aromatic N) is 5. The number of allylic oxidation sites excluding steroid dienone is 2. The second-order valence-corrected chi connectivity index (χ2v) is 9.20. The summed E-state index contributed by atoms with van der Waals surface area (Å²) in [4.78, 5) is 4.81. The summed E-state index contributed by atoms with van der Waals surface area (Å²) in [5.74, 6) is 7.32. The van der Waals surface area contributed by atoms with Crippen LogP contribution in [0.2, 0.25) is 0 Å². The molecule has 0 aromatic heterocycles. The number of nitrogens with one attached hydrogen (secondary N) is 1. The zero-order valence-corrected chi connectivity index (χ0v) is 20.2. The minimum atomic E-state index is 0.0584. The summed E-state index contributed by atoms with van der Waals surface area (Å²) in [5, 5.41) is 19.7. The van der Waals surface area contributed by atoms with Gasteiger partial charge in [-0.3, -0.25) is 10.4 Å². The van der Waals surface area contributed by atoms with Gasteiger partial charge in [0, 0.05) is 30.5 Å². The van der Waals surface area contributed by atoms with Crippen molar-refractivity contribution >= 4 is 17.6 Å². The second kappa shape index (κ2) is 9.84. The molecule has 8 heteroatoms. The maximum Gasteiger partial charge on any atom is 0.177 e. The monoisotopic (exact) mass is 469 g/mol. The van der Waals surface area contributed by atoms with Crippen molar-refractivity contribution in [3.63, 3.8) is 0 Å². The van der Waals surface area contributed by atoms with Crippen LogP contribution in [-0.4, -0.2) is 42.8 Å². The Kier molecular flexibility index (Phi) is 6.46. The molecule has 0 atom stereocenters. The topological polar surface area (TPSA) is 103 Å². The van der Waals surface area contributed by atoms with Crippen LogP contribution in [0.1, 0.15) is 37.7 Å². The first kappa shape index (κ1) is 23.0. The minimum Gasteiger partial charge on any atom is -0.497 e. The van der Waals surface area contributed by atoms with Crippen molar-refractivity contribution in [3.05, 3.63) is 71.2 Å². The van der Waals surface area contributed by atoms with Crippen LogP contribution in [0, 0.1) is 11.3 Å². The van der Waals surface area contributed by atoms with Crippen molar-refractivity contribution < 1.29 is 4.74 Å². The Balaban J connectivity index is 1.57. The van der Waals surface area contributed by atoms with Crippen LogP contribution in [0.25, 0.3) is 16.7 Å². The van der Waals surface area contributed by atoms with E-state index < -0.39 is 0 Å². The molecule has 8 nitrogen and oxygen atoms in total. The van der Waals surface area contributed by atoms with Crippen molar-refractivity contribution in [2.75, 3.05) is 20.7 Å². The zero-order valence-electron chi connectivity index (χ0n) is 20.2. The van der Waals surface area contributed by atoms with Crippen LogP contribution in [0.4, 0.5) is 0 Å². The lowest BCUT2D eigenvalue weighted by Crippen LogP contribution is -2.38. The van der Waals surface area contributed by atoms with Gasteiger partial charge in [-0.15, -0.1) is 5.11 Å². The SMILES string of the molecule is COc1cccc(-c2ccc(C3=C(C4CCCCC4)N4C(=C(C(=N)N=NN)CN4C)N=C3)cc2)c1. The molecule has 0 spiro atoms. The fourth-order valence-electron chi connectivity index (χ4n) is 5.33. The molecule has 0 saturated heterocycles. The summed E-state index contributed by atoms with van der Waals surface area (Å²) < 4.78 is 5.39. The standard InChI is InChI=1S/C27H31N7O/c1-33-17-24(26(28)31-32-29)27-30-16-23(25(34(27)33)20-7-4-3-5-8-20)19-13-11-18(12-14-19)21-9-6-10-22(15-21)35-2/h6,9-16,20H,3-5,7-8,17H2,1-2H3,(H3,28,29,31). The third-order valence-electron chi connectivity index (χ3n) is 7.05. The number of aliphatic imine (C=N–C) groups is 1. The maximum absolute atomic E-state index is 8.31. The number of likely N-dealkylation sites (N-methyl/N-ethyl adjacent to an activating group) is 1. The lowest BCUT2D eigenvalue weighted by molar-refractivity contribution is 0.0892. The van der Waals surface area contributed by atoms with E-state index in [0.29, 0.717) is 12.5 Å². The molecule has 3 aliphatic rings. The molecular formula is C27H31N7O. The summed E-state index contributed by atoms with van der Waals surface area (Å²) in [7, 11) is 3.72. The van der Waals surface area contributed by atoms with Crippen molar-refractivity contribution in [2.45, 2.75) is 32.1 Å². The number of rotatable bonds is 5. The van der Waals surface area contributed by atoms with Gasteiger partial charge in [0.2, 0.25) is 0 Å². The Morgan fingerprint density at radius 2 is 1.80 bits per heavy atom. The van der Waals surface area contributed by atoms with Crippen LogP contribution >= 0.6 is 0 Å². The first-order valence-electron chi connectivity index (χ1n) is 12.1. The predicted octanol–water partition coefficient (Wildman–Crippen LogP) is 5.42. The highest BCUT2D eigenvalue weighted by molar-refractivity contribution is 6.13. The molecule has 0 unspecified atom stereocenters. The van der Waals surface area contributed by atoms with Crippen molar-refractivity contribution in [1.29, 1.82) is 5.41 Å². The molecule has 2 aromatic rings. The third kappa shape index (κ3) is 4.37. The van der Waals surface area contributed by atoms with Gasteiger partial charge in [0.1, 0.15) is 5.75 Å². The molecule has 35 heavy (non-hydrogen) atoms. The largest absolute Gasteiger partial charge is 0.497 e. The molecule has 1 aliphatic carbocycles. The molecular weight excluding hydrogens is 438 g/mol. The fraction of sp³-hybridized carbons (Fsp3) is 0.333. The normalized spacial score (nSPS) is 19.1. The summed E-state index contributed by atoms with van der Waals surface area (Å²) in [6.07, 6.45) is 8.02. The van der Waals surface area contributed by atoms with Gasteiger partial charge in [0.25, 0.3) is 0 Å². The highest BCUT2D eigenvalue weighted by atomic mass is 16.5. The minimum absolute atomic E-state index is 0.0584. The number of hydrazine groups is 1. The van der Waals surface area contributed by atoms with E-state index in [1.807, 2.05) is 25.4 Å². The predicted molar refractivity (Wildman–Crippen MR) is 139 cm³/mol. The van der Waals surface area contributed by atoms with Gasteiger partial charge in [-0.25, -0.2) is 10.0 Å². The van der Waals surface area contributed by atoms with E-state index in [1.165, 1.54) is 25.0 Å².